The van der Waals surface area contributed by atoms with Gasteiger partial charge in [-0.2, -0.15) is 0 Å². The lowest BCUT2D eigenvalue weighted by molar-refractivity contribution is -0.267. The lowest BCUT2D eigenvalue weighted by atomic mass is 9.85. The van der Waals surface area contributed by atoms with E-state index >= 15 is 0 Å². The molecule has 4 atom stereocenters. The van der Waals surface area contributed by atoms with Crippen molar-refractivity contribution in [1.82, 2.24) is 10.6 Å². The Bertz CT molecular complexity index is 466. The molecule has 1 saturated heterocycles. The van der Waals surface area contributed by atoms with Gasteiger partial charge in [0.1, 0.15) is 11.6 Å². The molecule has 0 aromatic carbocycles. The van der Waals surface area contributed by atoms with Gasteiger partial charge in [-0.3, -0.25) is 9.59 Å². The predicted molar refractivity (Wildman–Crippen MR) is 96.5 cm³/mol. The fourth-order valence-electron chi connectivity index (χ4n) is 2.92. The van der Waals surface area contributed by atoms with Crippen molar-refractivity contribution in [3.8, 4) is 0 Å². The highest BCUT2D eigenvalue weighted by molar-refractivity contribution is 5.75. The molecule has 10 nitrogen and oxygen atoms in total. The summed E-state index contributed by atoms with van der Waals surface area (Å²) in [5.41, 5.74) is 3.70. The smallest absolute Gasteiger partial charge is 0.219 e. The normalized spacial score (nSPS) is 28.0. The monoisotopic (exact) mass is 391 g/mol. The third kappa shape index (κ3) is 8.08. The summed E-state index contributed by atoms with van der Waals surface area (Å²) in [6.07, 6.45) is 0.485. The van der Waals surface area contributed by atoms with E-state index in [1.165, 1.54) is 6.92 Å². The van der Waals surface area contributed by atoms with Crippen LogP contribution in [0.4, 0.5) is 0 Å². The van der Waals surface area contributed by atoms with Crippen LogP contribution in [-0.4, -0.2) is 84.1 Å². The number of carbonyl (C=O) groups is 2. The maximum absolute atomic E-state index is 11.6. The summed E-state index contributed by atoms with van der Waals surface area (Å²) >= 11 is 0. The Hall–Kier alpha value is -1.30. The molecule has 2 amide bonds. The Morgan fingerprint density at radius 3 is 2.63 bits per heavy atom. The van der Waals surface area contributed by atoms with Gasteiger partial charge in [-0.05, 0) is 25.8 Å². The molecular formula is C17H33N3O7. The van der Waals surface area contributed by atoms with Gasteiger partial charge >= 0.3 is 0 Å². The van der Waals surface area contributed by atoms with Crippen molar-refractivity contribution in [1.29, 1.82) is 0 Å². The number of rotatable bonds is 12. The van der Waals surface area contributed by atoms with Crippen LogP contribution >= 0.6 is 0 Å². The highest BCUT2D eigenvalue weighted by Crippen LogP contribution is 2.30. The van der Waals surface area contributed by atoms with Crippen molar-refractivity contribution >= 4 is 11.8 Å². The standard InChI is InChI=1S/C17H33N3O7/c1-12(23)20-15-16(27-13(10-21)9-17(15,25)11-22)26-8-3-2-5-14(24)19-7-4-6-18/h13,15-16,21-22,25H,2-11,18H2,1H3,(H,19,24)(H,20,23). The van der Waals surface area contributed by atoms with E-state index in [9.17, 15) is 24.9 Å². The summed E-state index contributed by atoms with van der Waals surface area (Å²) in [5, 5.41) is 34.9. The molecule has 7 N–H and O–H groups in total. The first-order valence-corrected chi connectivity index (χ1v) is 9.31. The zero-order chi connectivity index (χ0) is 20.3. The van der Waals surface area contributed by atoms with Crippen LogP contribution in [0, 0.1) is 0 Å². The highest BCUT2D eigenvalue weighted by Gasteiger charge is 2.49. The second kappa shape index (κ2) is 12.2. The van der Waals surface area contributed by atoms with Gasteiger partial charge in [0.05, 0.1) is 19.3 Å². The van der Waals surface area contributed by atoms with Crippen LogP contribution in [0.3, 0.4) is 0 Å². The van der Waals surface area contributed by atoms with Gasteiger partial charge in [-0.1, -0.05) is 0 Å². The summed E-state index contributed by atoms with van der Waals surface area (Å²) in [6.45, 7) is 1.65. The fourth-order valence-corrected chi connectivity index (χ4v) is 2.92. The van der Waals surface area contributed by atoms with Crippen molar-refractivity contribution in [2.24, 2.45) is 5.73 Å². The molecule has 1 aliphatic heterocycles. The van der Waals surface area contributed by atoms with Gasteiger partial charge in [-0.15, -0.1) is 0 Å². The minimum absolute atomic E-state index is 0.0340. The average Bonchev–Trinajstić information content (AvgIpc) is 2.63. The molecule has 0 aromatic rings. The minimum Gasteiger partial charge on any atom is -0.394 e. The molecule has 0 saturated carbocycles. The molecule has 1 heterocycles. The number of carbonyl (C=O) groups excluding carboxylic acids is 2. The fraction of sp³-hybridized carbons (Fsp3) is 0.882. The molecule has 10 heteroatoms. The van der Waals surface area contributed by atoms with Gasteiger partial charge in [-0.25, -0.2) is 0 Å². The molecule has 1 aliphatic rings. The van der Waals surface area contributed by atoms with Crippen molar-refractivity contribution in [2.45, 2.75) is 63.1 Å². The Morgan fingerprint density at radius 1 is 1.30 bits per heavy atom. The molecule has 158 valence electrons. The maximum atomic E-state index is 11.6. The summed E-state index contributed by atoms with van der Waals surface area (Å²) in [6, 6.07) is -0.970. The van der Waals surface area contributed by atoms with Gasteiger partial charge in [0.15, 0.2) is 6.29 Å². The first-order valence-electron chi connectivity index (χ1n) is 9.31. The zero-order valence-electron chi connectivity index (χ0n) is 15.9. The molecule has 0 radical (unpaired) electrons. The molecule has 0 spiro atoms. The number of unbranched alkanes of at least 4 members (excludes halogenated alkanes) is 1. The summed E-state index contributed by atoms with van der Waals surface area (Å²) in [5.74, 6) is -0.454. The third-order valence-electron chi connectivity index (χ3n) is 4.38. The predicted octanol–water partition coefficient (Wildman–Crippen LogP) is -2.03. The maximum Gasteiger partial charge on any atom is 0.219 e. The lowest BCUT2D eigenvalue weighted by Gasteiger charge is -2.46. The van der Waals surface area contributed by atoms with Crippen LogP contribution in [0.15, 0.2) is 0 Å². The van der Waals surface area contributed by atoms with Crippen LogP contribution in [0.25, 0.3) is 0 Å². The van der Waals surface area contributed by atoms with Crippen molar-refractivity contribution in [3.05, 3.63) is 0 Å². The van der Waals surface area contributed by atoms with Crippen molar-refractivity contribution in [3.63, 3.8) is 0 Å². The first kappa shape index (κ1) is 23.7. The number of hydrogen-bond donors (Lipinski definition) is 6. The highest BCUT2D eigenvalue weighted by atomic mass is 16.7. The molecule has 0 aliphatic carbocycles. The minimum atomic E-state index is -1.66. The summed E-state index contributed by atoms with van der Waals surface area (Å²) < 4.78 is 11.2. The molecule has 4 unspecified atom stereocenters. The van der Waals surface area contributed by atoms with E-state index in [1.54, 1.807) is 0 Å². The van der Waals surface area contributed by atoms with Crippen LogP contribution in [0.5, 0.6) is 0 Å². The molecule has 0 bridgehead atoms. The molecule has 0 aromatic heterocycles. The number of aliphatic hydroxyl groups is 3. The second-order valence-electron chi connectivity index (χ2n) is 6.77. The van der Waals surface area contributed by atoms with E-state index in [2.05, 4.69) is 10.6 Å². The summed E-state index contributed by atoms with van der Waals surface area (Å²) in [7, 11) is 0. The van der Waals surface area contributed by atoms with Crippen LogP contribution in [0.1, 0.15) is 39.0 Å². The number of nitrogens with one attached hydrogen (secondary N) is 2. The quantitative estimate of drug-likeness (QED) is 0.207. The van der Waals surface area contributed by atoms with E-state index in [1.807, 2.05) is 0 Å². The zero-order valence-corrected chi connectivity index (χ0v) is 15.9. The Morgan fingerprint density at radius 2 is 2.04 bits per heavy atom. The first-order chi connectivity index (χ1) is 12.9. The molecule has 1 fully saturated rings. The Labute approximate surface area is 159 Å². The van der Waals surface area contributed by atoms with Crippen LogP contribution in [0.2, 0.25) is 0 Å². The van der Waals surface area contributed by atoms with E-state index in [0.29, 0.717) is 32.4 Å². The van der Waals surface area contributed by atoms with Crippen molar-refractivity contribution in [2.75, 3.05) is 32.9 Å². The largest absolute Gasteiger partial charge is 0.394 e. The lowest BCUT2D eigenvalue weighted by Crippen LogP contribution is -2.66. The number of hydrogen-bond acceptors (Lipinski definition) is 8. The number of aliphatic hydroxyl groups excluding tert-OH is 2. The summed E-state index contributed by atoms with van der Waals surface area (Å²) in [4.78, 5) is 23.1. The van der Waals surface area contributed by atoms with Crippen molar-refractivity contribution < 1.29 is 34.4 Å². The van der Waals surface area contributed by atoms with E-state index < -0.39 is 36.6 Å². The van der Waals surface area contributed by atoms with Gasteiger partial charge < -0.3 is 41.2 Å². The molecule has 27 heavy (non-hydrogen) atoms. The third-order valence-corrected chi connectivity index (χ3v) is 4.38. The van der Waals surface area contributed by atoms with E-state index in [4.69, 9.17) is 15.2 Å². The van der Waals surface area contributed by atoms with Gasteiger partial charge in [0, 0.05) is 32.9 Å². The Balaban J connectivity index is 2.49. The SMILES string of the molecule is CC(=O)NC1C(OCCCCC(=O)NCCCN)OC(CO)CC1(O)CO. The molecular weight excluding hydrogens is 358 g/mol. The number of amides is 2. The molecule has 1 rings (SSSR count). The topological polar surface area (TPSA) is 163 Å². The van der Waals surface area contributed by atoms with E-state index in [0.717, 1.165) is 6.42 Å². The van der Waals surface area contributed by atoms with Gasteiger partial charge in [0.2, 0.25) is 11.8 Å². The van der Waals surface area contributed by atoms with Crippen LogP contribution < -0.4 is 16.4 Å². The second-order valence-corrected chi connectivity index (χ2v) is 6.77. The van der Waals surface area contributed by atoms with E-state index in [-0.39, 0.29) is 25.5 Å². The average molecular weight is 391 g/mol. The van der Waals surface area contributed by atoms with Gasteiger partial charge in [0.25, 0.3) is 0 Å². The number of ether oxygens (including phenoxy) is 2. The number of nitrogens with two attached hydrogens (primary N) is 1. The van der Waals surface area contributed by atoms with Crippen LogP contribution in [-0.2, 0) is 19.1 Å². The Kier molecular flexibility index (Phi) is 10.7.